The molecule has 2 rings (SSSR count). The molecule has 0 aromatic carbocycles. The van der Waals surface area contributed by atoms with Gasteiger partial charge in [0.1, 0.15) is 30.7 Å². The van der Waals surface area contributed by atoms with E-state index in [9.17, 15) is 48.6 Å². The maximum atomic E-state index is 12.9. The summed E-state index contributed by atoms with van der Waals surface area (Å²) in [5.41, 5.74) is 4.57. The lowest BCUT2D eigenvalue weighted by Crippen LogP contribution is -2.36. The molecule has 1 aliphatic rings. The Hall–Kier alpha value is -4.36. The molecule has 1 saturated heterocycles. The van der Waals surface area contributed by atoms with E-state index >= 15 is 0 Å². The van der Waals surface area contributed by atoms with Gasteiger partial charge in [0.05, 0.1) is 19.3 Å². The third kappa shape index (κ3) is 31.9. The number of nitrogen functional groups attached to an aromatic ring is 1. The number of carbonyl (C=O) groups is 2. The highest BCUT2D eigenvalue weighted by atomic mass is 31.3. The third-order valence-corrected chi connectivity index (χ3v) is 13.3. The summed E-state index contributed by atoms with van der Waals surface area (Å²) in [6, 6.07) is 1.23. The average Bonchev–Trinajstić information content (AvgIpc) is 3.62. The van der Waals surface area contributed by atoms with Crippen molar-refractivity contribution in [2.45, 2.75) is 173 Å². The summed E-state index contributed by atoms with van der Waals surface area (Å²) < 4.78 is 56.6. The van der Waals surface area contributed by atoms with Crippen LogP contribution in [0.15, 0.2) is 114 Å². The van der Waals surface area contributed by atoms with E-state index in [4.69, 9.17) is 29.0 Å². The van der Waals surface area contributed by atoms with E-state index in [1.54, 1.807) is 24.3 Å². The molecular formula is C52H81N3O16P2. The molecule has 8 atom stereocenters. The average molecular weight is 1070 g/mol. The zero-order valence-corrected chi connectivity index (χ0v) is 44.3. The van der Waals surface area contributed by atoms with Gasteiger partial charge >= 0.3 is 33.3 Å². The summed E-state index contributed by atoms with van der Waals surface area (Å²) in [7, 11) is -10.9. The van der Waals surface area contributed by atoms with Gasteiger partial charge in [-0.25, -0.2) is 13.9 Å². The lowest BCUT2D eigenvalue weighted by atomic mass is 10.1. The molecule has 2 heterocycles. The van der Waals surface area contributed by atoms with E-state index in [1.807, 2.05) is 12.2 Å². The largest absolute Gasteiger partial charge is 0.481 e. The van der Waals surface area contributed by atoms with E-state index in [0.29, 0.717) is 12.8 Å². The highest BCUT2D eigenvalue weighted by Gasteiger charge is 2.46. The van der Waals surface area contributed by atoms with Crippen LogP contribution in [0.3, 0.4) is 0 Å². The molecule has 73 heavy (non-hydrogen) atoms. The van der Waals surface area contributed by atoms with Gasteiger partial charge in [0.2, 0.25) is 0 Å². The maximum absolute atomic E-state index is 12.9. The monoisotopic (exact) mass is 1070 g/mol. The summed E-state index contributed by atoms with van der Waals surface area (Å²) >= 11 is 0. The molecule has 21 heteroatoms. The van der Waals surface area contributed by atoms with Crippen LogP contribution in [-0.4, -0.2) is 96.9 Å². The third-order valence-electron chi connectivity index (χ3n) is 10.7. The molecule has 1 aromatic heterocycles. The number of aliphatic hydroxyl groups is 3. The number of unbranched alkanes of at least 4 members (excludes halogenated alkanes) is 8. The number of nitrogens with two attached hydrogens (primary N) is 1. The van der Waals surface area contributed by atoms with Crippen molar-refractivity contribution in [3.05, 3.63) is 120 Å². The number of phosphoric acid groups is 2. The zero-order chi connectivity index (χ0) is 53.6. The lowest BCUT2D eigenvalue weighted by molar-refractivity contribution is -0.161. The molecule has 1 aromatic rings. The molecule has 410 valence electrons. The van der Waals surface area contributed by atoms with Gasteiger partial charge < -0.3 is 45.1 Å². The molecule has 1 fully saturated rings. The van der Waals surface area contributed by atoms with Gasteiger partial charge in [0, 0.05) is 19.0 Å². The summed E-state index contributed by atoms with van der Waals surface area (Å²) in [5, 5.41) is 31.2. The summed E-state index contributed by atoms with van der Waals surface area (Å²) in [6.45, 7) is 1.81. The van der Waals surface area contributed by atoms with Crippen LogP contribution in [0.2, 0.25) is 0 Å². The van der Waals surface area contributed by atoms with Crippen molar-refractivity contribution >= 4 is 33.4 Å². The van der Waals surface area contributed by atoms with Gasteiger partial charge in [-0.2, -0.15) is 9.29 Å². The Labute approximate surface area is 431 Å². The molecule has 3 unspecified atom stereocenters. The minimum absolute atomic E-state index is 0.00863. The number of hydrogen-bond donors (Lipinski definition) is 6. The summed E-state index contributed by atoms with van der Waals surface area (Å²) in [6.07, 6.45) is 39.4. The van der Waals surface area contributed by atoms with Crippen LogP contribution < -0.4 is 11.4 Å². The minimum atomic E-state index is -5.47. The second-order valence-corrected chi connectivity index (χ2v) is 20.2. The predicted octanol–water partition coefficient (Wildman–Crippen LogP) is 9.41. The standard InChI is InChI=1S/C52H81N3O16P2/c1-3-5-7-9-11-13-15-17-18-20-22-24-26-28-32-37-48(58)69-44(40-66-47(57)36-33-29-31-35-43(56)34-30-27-25-23-21-19-16-14-12-10-8-6-4-2)41-67-72(62,63)71-73(64,65)68-42-45-49(59)50(60)51(70-45)55-39-38-46(53)54-52(55)61/h6,8,11-14,17-19,21,25,27,29-31,34,38-39,43-45,49-51,56,59-60H,3-5,7,9-10,15-16,20,22-24,26,28,32-33,35-37,40-42H2,1-2H3,(H,62,63)(H,64,65)(H2,53,54,61)/b8-6-,13-11-,14-12-,18-17-,21-19-,27-25-,31-29-,34-30-/t43?,44-,45-,49-,50-,51-/m1/s1. The number of aliphatic hydroxyl groups excluding tert-OH is 3. The second kappa shape index (κ2) is 39.1. The van der Waals surface area contributed by atoms with Crippen molar-refractivity contribution in [2.24, 2.45) is 0 Å². The Morgan fingerprint density at radius 2 is 1.34 bits per heavy atom. The second-order valence-electron chi connectivity index (χ2n) is 17.1. The molecule has 0 amide bonds. The lowest BCUT2D eigenvalue weighted by Gasteiger charge is -2.21. The van der Waals surface area contributed by atoms with E-state index in [-0.39, 0.29) is 25.1 Å². The minimum Gasteiger partial charge on any atom is -0.462 e. The molecule has 0 spiro atoms. The first-order valence-electron chi connectivity index (χ1n) is 25.4. The summed E-state index contributed by atoms with van der Waals surface area (Å²) in [5.74, 6) is -1.51. The van der Waals surface area contributed by atoms with Gasteiger partial charge in [-0.1, -0.05) is 143 Å². The fraction of sp³-hybridized carbons (Fsp3) is 0.577. The van der Waals surface area contributed by atoms with Gasteiger partial charge in [-0.05, 0) is 83.1 Å². The summed E-state index contributed by atoms with van der Waals surface area (Å²) in [4.78, 5) is 61.9. The molecule has 19 nitrogen and oxygen atoms in total. The van der Waals surface area contributed by atoms with E-state index in [2.05, 4.69) is 83.9 Å². The van der Waals surface area contributed by atoms with Crippen LogP contribution in [-0.2, 0) is 46.3 Å². The molecule has 0 aliphatic carbocycles. The normalized spacial score (nSPS) is 20.2. The number of carbonyl (C=O) groups excluding carboxylic acids is 2. The van der Waals surface area contributed by atoms with Gasteiger partial charge in [-0.15, -0.1) is 0 Å². The van der Waals surface area contributed by atoms with E-state index < -0.39 is 89.8 Å². The van der Waals surface area contributed by atoms with E-state index in [1.165, 1.54) is 25.3 Å². The van der Waals surface area contributed by atoms with Crippen molar-refractivity contribution in [3.63, 3.8) is 0 Å². The SMILES string of the molecule is CC/C=C\C/C=C\C/C=C\C/C=C\C=C/C(O)C/C=C\CCC(=O)OC[C@H](COP(=O)(O)OP(=O)(O)OC[C@H]1O[C@@H](n2ccc(N)nc2=O)[C@H](O)[C@@H]1O)OC(=O)CCCCCCC/C=C\C/C=C\CCCCC. The molecule has 1 aliphatic heterocycles. The van der Waals surface area contributed by atoms with Gasteiger partial charge in [-0.3, -0.25) is 23.2 Å². The first-order valence-corrected chi connectivity index (χ1v) is 28.3. The number of hydrogen-bond acceptors (Lipinski definition) is 16. The molecule has 0 saturated carbocycles. The number of nitrogens with zero attached hydrogens (tertiary/aromatic N) is 2. The molecule has 0 radical (unpaired) electrons. The topological polar surface area (TPSA) is 286 Å². The molecule has 7 N–H and O–H groups in total. The highest BCUT2D eigenvalue weighted by molar-refractivity contribution is 7.61. The van der Waals surface area contributed by atoms with Crippen LogP contribution in [0.5, 0.6) is 0 Å². The first kappa shape index (κ1) is 64.8. The Kier molecular flexibility index (Phi) is 34.7. The molecular weight excluding hydrogens is 985 g/mol. The number of allylic oxidation sites excluding steroid dienone is 14. The van der Waals surface area contributed by atoms with Crippen LogP contribution in [0.1, 0.15) is 142 Å². The van der Waals surface area contributed by atoms with Crippen LogP contribution in [0.4, 0.5) is 5.82 Å². The number of esters is 2. The highest BCUT2D eigenvalue weighted by Crippen LogP contribution is 2.60. The number of aromatic nitrogens is 2. The van der Waals surface area contributed by atoms with Crippen LogP contribution in [0.25, 0.3) is 0 Å². The fourth-order valence-corrected chi connectivity index (χ4v) is 8.92. The Bertz CT molecular complexity index is 2120. The van der Waals surface area contributed by atoms with E-state index in [0.717, 1.165) is 81.4 Å². The Balaban J connectivity index is 1.87. The number of phosphoric ester groups is 2. The van der Waals surface area contributed by atoms with Gasteiger partial charge in [0.15, 0.2) is 12.3 Å². The van der Waals surface area contributed by atoms with Crippen molar-refractivity contribution < 1.29 is 71.4 Å². The van der Waals surface area contributed by atoms with Crippen molar-refractivity contribution in [3.8, 4) is 0 Å². The molecule has 0 bridgehead atoms. The van der Waals surface area contributed by atoms with Crippen molar-refractivity contribution in [1.29, 1.82) is 0 Å². The van der Waals surface area contributed by atoms with Crippen LogP contribution in [0, 0.1) is 0 Å². The Morgan fingerprint density at radius 1 is 0.740 bits per heavy atom. The smallest absolute Gasteiger partial charge is 0.462 e. The van der Waals surface area contributed by atoms with Gasteiger partial charge in [0.25, 0.3) is 0 Å². The maximum Gasteiger partial charge on any atom is 0.481 e. The number of anilines is 1. The quantitative estimate of drug-likeness (QED) is 0.0117. The van der Waals surface area contributed by atoms with Crippen molar-refractivity contribution in [2.75, 3.05) is 25.6 Å². The van der Waals surface area contributed by atoms with Crippen LogP contribution >= 0.6 is 15.6 Å². The number of ether oxygens (including phenoxy) is 3. The fourth-order valence-electron chi connectivity index (χ4n) is 6.80. The Morgan fingerprint density at radius 3 is 2.01 bits per heavy atom. The number of rotatable bonds is 40. The predicted molar refractivity (Wildman–Crippen MR) is 281 cm³/mol. The first-order chi connectivity index (χ1) is 35.1. The van der Waals surface area contributed by atoms with Crippen molar-refractivity contribution in [1.82, 2.24) is 9.55 Å². The zero-order valence-electron chi connectivity index (χ0n) is 42.5.